The van der Waals surface area contributed by atoms with E-state index in [0.29, 0.717) is 4.31 Å². The summed E-state index contributed by atoms with van der Waals surface area (Å²) >= 11 is 0. The van der Waals surface area contributed by atoms with Crippen LogP contribution in [0.4, 0.5) is 8.78 Å². The van der Waals surface area contributed by atoms with Gasteiger partial charge < -0.3 is 5.11 Å². The number of halogens is 2. The standard InChI is InChI=1S/C11H12F2N2O3S/c12-11(13)8-15(5-6-16)19(17,18)10-3-1-9(7-14)2-4-10/h1-4,11,16H,5-6,8H2. The zero-order valence-corrected chi connectivity index (χ0v) is 10.6. The Bertz CT molecular complexity index is 552. The van der Waals surface area contributed by atoms with E-state index >= 15 is 0 Å². The molecule has 0 radical (unpaired) electrons. The second-order valence-electron chi connectivity index (χ2n) is 3.61. The van der Waals surface area contributed by atoms with Gasteiger partial charge in [0.25, 0.3) is 6.43 Å². The van der Waals surface area contributed by atoms with Gasteiger partial charge in [-0.15, -0.1) is 0 Å². The highest BCUT2D eigenvalue weighted by Crippen LogP contribution is 2.17. The first-order valence-corrected chi connectivity index (χ1v) is 6.75. The van der Waals surface area contributed by atoms with Crippen LogP contribution in [0.2, 0.25) is 0 Å². The third-order valence-electron chi connectivity index (χ3n) is 2.31. The van der Waals surface area contributed by atoms with Gasteiger partial charge in [-0.05, 0) is 24.3 Å². The second-order valence-corrected chi connectivity index (χ2v) is 5.55. The summed E-state index contributed by atoms with van der Waals surface area (Å²) in [5.74, 6) is 0. The highest BCUT2D eigenvalue weighted by molar-refractivity contribution is 7.89. The molecule has 0 amide bonds. The van der Waals surface area contributed by atoms with Crippen LogP contribution in [0.1, 0.15) is 5.56 Å². The average Bonchev–Trinajstić information content (AvgIpc) is 2.38. The molecule has 1 rings (SSSR count). The van der Waals surface area contributed by atoms with E-state index in [0.717, 1.165) is 0 Å². The van der Waals surface area contributed by atoms with E-state index < -0.39 is 36.1 Å². The summed E-state index contributed by atoms with van der Waals surface area (Å²) in [5.41, 5.74) is 0.265. The summed E-state index contributed by atoms with van der Waals surface area (Å²) in [5, 5.41) is 17.3. The minimum Gasteiger partial charge on any atom is -0.395 e. The zero-order valence-electron chi connectivity index (χ0n) is 9.83. The number of aliphatic hydroxyl groups excluding tert-OH is 1. The van der Waals surface area contributed by atoms with Crippen LogP contribution in [0.15, 0.2) is 29.2 Å². The number of alkyl halides is 2. The molecule has 0 atom stereocenters. The molecule has 0 aliphatic carbocycles. The normalized spacial score (nSPS) is 11.8. The minimum atomic E-state index is -4.10. The Balaban J connectivity index is 3.07. The van der Waals surface area contributed by atoms with Gasteiger partial charge in [-0.1, -0.05) is 0 Å². The van der Waals surface area contributed by atoms with Gasteiger partial charge in [-0.3, -0.25) is 0 Å². The molecule has 0 bridgehead atoms. The predicted octanol–water partition coefficient (Wildman–Crippen LogP) is 0.806. The Hall–Kier alpha value is -1.56. The second kappa shape index (κ2) is 6.56. The maximum atomic E-state index is 12.3. The number of rotatable bonds is 6. The number of aliphatic hydroxyl groups is 1. The van der Waals surface area contributed by atoms with Crippen molar-refractivity contribution in [3.63, 3.8) is 0 Å². The molecule has 1 N–H and O–H groups in total. The van der Waals surface area contributed by atoms with Crippen molar-refractivity contribution in [3.05, 3.63) is 29.8 Å². The molecule has 0 aliphatic heterocycles. The molecule has 0 heterocycles. The molecule has 0 aliphatic rings. The van der Waals surface area contributed by atoms with Gasteiger partial charge in [0.15, 0.2) is 0 Å². The van der Waals surface area contributed by atoms with Crippen molar-refractivity contribution in [3.8, 4) is 6.07 Å². The fourth-order valence-corrected chi connectivity index (χ4v) is 2.83. The smallest absolute Gasteiger partial charge is 0.252 e. The van der Waals surface area contributed by atoms with E-state index in [-0.39, 0.29) is 10.5 Å². The Morgan fingerprint density at radius 3 is 2.32 bits per heavy atom. The lowest BCUT2D eigenvalue weighted by atomic mass is 10.2. The number of hydrogen-bond acceptors (Lipinski definition) is 4. The van der Waals surface area contributed by atoms with Crippen molar-refractivity contribution < 1.29 is 22.3 Å². The summed E-state index contributed by atoms with van der Waals surface area (Å²) in [4.78, 5) is -0.194. The van der Waals surface area contributed by atoms with Crippen molar-refractivity contribution in [1.82, 2.24) is 4.31 Å². The van der Waals surface area contributed by atoms with Crippen LogP contribution in [0, 0.1) is 11.3 Å². The van der Waals surface area contributed by atoms with E-state index in [1.165, 1.54) is 24.3 Å². The molecule has 0 saturated carbocycles. The summed E-state index contributed by atoms with van der Waals surface area (Å²) in [6.45, 7) is -1.95. The topological polar surface area (TPSA) is 81.4 Å². The quantitative estimate of drug-likeness (QED) is 0.840. The molecule has 0 fully saturated rings. The van der Waals surface area contributed by atoms with E-state index in [1.807, 2.05) is 6.07 Å². The van der Waals surface area contributed by atoms with Gasteiger partial charge in [0.05, 0.1) is 29.7 Å². The van der Waals surface area contributed by atoms with Crippen LogP contribution < -0.4 is 0 Å². The molecule has 0 unspecified atom stereocenters. The first kappa shape index (κ1) is 15.5. The van der Waals surface area contributed by atoms with Crippen molar-refractivity contribution in [2.75, 3.05) is 19.7 Å². The lowest BCUT2D eigenvalue weighted by molar-refractivity contribution is 0.113. The zero-order chi connectivity index (χ0) is 14.5. The van der Waals surface area contributed by atoms with E-state index in [4.69, 9.17) is 10.4 Å². The Morgan fingerprint density at radius 1 is 1.32 bits per heavy atom. The highest BCUT2D eigenvalue weighted by atomic mass is 32.2. The van der Waals surface area contributed by atoms with Crippen molar-refractivity contribution >= 4 is 10.0 Å². The van der Waals surface area contributed by atoms with E-state index in [1.54, 1.807) is 0 Å². The third-order valence-corrected chi connectivity index (χ3v) is 4.19. The van der Waals surface area contributed by atoms with Crippen LogP contribution in [0.3, 0.4) is 0 Å². The number of nitrogens with zero attached hydrogens (tertiary/aromatic N) is 2. The third kappa shape index (κ3) is 3.96. The van der Waals surface area contributed by atoms with Crippen molar-refractivity contribution in [1.29, 1.82) is 5.26 Å². The molecule has 0 spiro atoms. The summed E-state index contributed by atoms with van der Waals surface area (Å²) in [6.07, 6.45) is -2.83. The molecular formula is C11H12F2N2O3S. The molecule has 8 heteroatoms. The first-order valence-electron chi connectivity index (χ1n) is 5.31. The van der Waals surface area contributed by atoms with Crippen molar-refractivity contribution in [2.24, 2.45) is 0 Å². The minimum absolute atomic E-state index is 0.194. The van der Waals surface area contributed by atoms with Crippen molar-refractivity contribution in [2.45, 2.75) is 11.3 Å². The number of sulfonamides is 1. The fourth-order valence-electron chi connectivity index (χ4n) is 1.43. The number of benzene rings is 1. The average molecular weight is 290 g/mol. The number of nitriles is 1. The molecule has 1 aromatic carbocycles. The molecule has 1 aromatic rings. The summed E-state index contributed by atoms with van der Waals surface area (Å²) < 4.78 is 49.3. The van der Waals surface area contributed by atoms with Crippen LogP contribution >= 0.6 is 0 Å². The largest absolute Gasteiger partial charge is 0.395 e. The van der Waals surface area contributed by atoms with Crippen LogP contribution in [0.25, 0.3) is 0 Å². The predicted molar refractivity (Wildman–Crippen MR) is 63.0 cm³/mol. The van der Waals surface area contributed by atoms with Gasteiger partial charge in [-0.25, -0.2) is 17.2 Å². The lowest BCUT2D eigenvalue weighted by Crippen LogP contribution is -2.37. The monoisotopic (exact) mass is 290 g/mol. The summed E-state index contributed by atoms with van der Waals surface area (Å²) in [7, 11) is -4.10. The number of hydrogen-bond donors (Lipinski definition) is 1. The van der Waals surface area contributed by atoms with Gasteiger partial charge >= 0.3 is 0 Å². The highest BCUT2D eigenvalue weighted by Gasteiger charge is 2.26. The molecule has 0 saturated heterocycles. The van der Waals surface area contributed by atoms with Gasteiger partial charge in [0.2, 0.25) is 10.0 Å². The van der Waals surface area contributed by atoms with Crippen LogP contribution in [0.5, 0.6) is 0 Å². The molecule has 0 aromatic heterocycles. The van der Waals surface area contributed by atoms with E-state index in [9.17, 15) is 17.2 Å². The molecule has 19 heavy (non-hydrogen) atoms. The lowest BCUT2D eigenvalue weighted by Gasteiger charge is -2.20. The van der Waals surface area contributed by atoms with E-state index in [2.05, 4.69) is 0 Å². The summed E-state index contributed by atoms with van der Waals surface area (Å²) in [6, 6.07) is 6.73. The Kier molecular flexibility index (Phi) is 5.35. The molecule has 104 valence electrons. The Morgan fingerprint density at radius 2 is 1.89 bits per heavy atom. The van der Waals surface area contributed by atoms with Crippen LogP contribution in [-0.4, -0.2) is 44.0 Å². The Labute approximate surface area is 109 Å². The molecular weight excluding hydrogens is 278 g/mol. The maximum Gasteiger partial charge on any atom is 0.252 e. The fraction of sp³-hybridized carbons (Fsp3) is 0.364. The van der Waals surface area contributed by atoms with Crippen LogP contribution in [-0.2, 0) is 10.0 Å². The molecule has 5 nitrogen and oxygen atoms in total. The van der Waals surface area contributed by atoms with Gasteiger partial charge in [0, 0.05) is 6.54 Å². The van der Waals surface area contributed by atoms with Gasteiger partial charge in [0.1, 0.15) is 0 Å². The first-order chi connectivity index (χ1) is 8.91. The van der Waals surface area contributed by atoms with Gasteiger partial charge in [-0.2, -0.15) is 9.57 Å². The maximum absolute atomic E-state index is 12.3. The SMILES string of the molecule is N#Cc1ccc(S(=O)(=O)N(CCO)CC(F)F)cc1.